The summed E-state index contributed by atoms with van der Waals surface area (Å²) in [6.07, 6.45) is 4.88. The number of likely N-dealkylation sites (tertiary alicyclic amines) is 1. The number of methoxy groups -OCH3 is 1. The highest BCUT2D eigenvalue weighted by Crippen LogP contribution is 2.23. The summed E-state index contributed by atoms with van der Waals surface area (Å²) in [4.78, 5) is 27.2. The van der Waals surface area contributed by atoms with Gasteiger partial charge in [0, 0.05) is 12.6 Å². The molecule has 1 unspecified atom stereocenters. The predicted octanol–water partition coefficient (Wildman–Crippen LogP) is 4.18. The van der Waals surface area contributed by atoms with Crippen LogP contribution in [0.1, 0.15) is 37.3 Å². The van der Waals surface area contributed by atoms with Gasteiger partial charge in [-0.15, -0.1) is 0 Å². The Morgan fingerprint density at radius 3 is 2.62 bits per heavy atom. The first kappa shape index (κ1) is 20.6. The minimum atomic E-state index is -0.517. The second-order valence-corrected chi connectivity index (χ2v) is 7.21. The average molecular weight is 393 g/mol. The van der Waals surface area contributed by atoms with Crippen molar-refractivity contribution in [1.82, 2.24) is 4.90 Å². The number of carbonyl (C=O) groups is 2. The van der Waals surface area contributed by atoms with E-state index in [-0.39, 0.29) is 18.6 Å². The van der Waals surface area contributed by atoms with E-state index in [1.54, 1.807) is 13.2 Å². The molecule has 0 radical (unpaired) electrons. The van der Waals surface area contributed by atoms with Crippen LogP contribution in [0, 0.1) is 0 Å². The Morgan fingerprint density at radius 2 is 1.90 bits per heavy atom. The molecule has 1 saturated heterocycles. The lowest BCUT2D eigenvalue weighted by Crippen LogP contribution is -2.44. The lowest BCUT2D eigenvalue weighted by Gasteiger charge is -2.33. The van der Waals surface area contributed by atoms with Crippen molar-refractivity contribution in [2.75, 3.05) is 20.3 Å². The normalized spacial score (nSPS) is 17.0. The average Bonchev–Trinajstić information content (AvgIpc) is 2.76. The molecule has 1 amide bonds. The fourth-order valence-electron chi connectivity index (χ4n) is 3.53. The van der Waals surface area contributed by atoms with Gasteiger partial charge in [-0.25, -0.2) is 4.79 Å². The number of ether oxygens (including phenoxy) is 2. The fourth-order valence-corrected chi connectivity index (χ4v) is 3.53. The molecule has 0 N–H and O–H groups in total. The van der Waals surface area contributed by atoms with E-state index in [2.05, 4.69) is 0 Å². The van der Waals surface area contributed by atoms with Crippen LogP contribution in [-0.4, -0.2) is 43.1 Å². The first-order valence-corrected chi connectivity index (χ1v) is 9.96. The molecule has 0 spiro atoms. The van der Waals surface area contributed by atoms with E-state index >= 15 is 0 Å². The van der Waals surface area contributed by atoms with Gasteiger partial charge in [-0.05, 0) is 55.5 Å². The van der Waals surface area contributed by atoms with Gasteiger partial charge in [0.2, 0.25) is 0 Å². The Labute approximate surface area is 171 Å². The second kappa shape index (κ2) is 9.92. The van der Waals surface area contributed by atoms with Crippen LogP contribution in [0.25, 0.3) is 11.6 Å². The van der Waals surface area contributed by atoms with Crippen LogP contribution in [0.15, 0.2) is 54.6 Å². The molecule has 1 aliphatic rings. The number of esters is 1. The largest absolute Gasteiger partial charge is 0.497 e. The maximum absolute atomic E-state index is 12.9. The predicted molar refractivity (Wildman–Crippen MR) is 113 cm³/mol. The number of piperidine rings is 1. The Kier molecular flexibility index (Phi) is 7.06. The zero-order chi connectivity index (χ0) is 20.6. The molecule has 0 aromatic heterocycles. The molecule has 0 saturated carbocycles. The lowest BCUT2D eigenvalue weighted by atomic mass is 10.0. The summed E-state index contributed by atoms with van der Waals surface area (Å²) in [5, 5.41) is 0. The van der Waals surface area contributed by atoms with Crippen LogP contribution >= 0.6 is 0 Å². The second-order valence-electron chi connectivity index (χ2n) is 7.21. The van der Waals surface area contributed by atoms with Crippen LogP contribution < -0.4 is 4.74 Å². The summed E-state index contributed by atoms with van der Waals surface area (Å²) < 4.78 is 10.7. The van der Waals surface area contributed by atoms with Crippen molar-refractivity contribution >= 4 is 23.5 Å². The van der Waals surface area contributed by atoms with Crippen molar-refractivity contribution < 1.29 is 19.1 Å². The third kappa shape index (κ3) is 5.47. The van der Waals surface area contributed by atoms with Crippen molar-refractivity contribution in [3.05, 3.63) is 65.7 Å². The molecule has 5 nitrogen and oxygen atoms in total. The van der Waals surface area contributed by atoms with Gasteiger partial charge >= 0.3 is 5.97 Å². The molecule has 0 bridgehead atoms. The van der Waals surface area contributed by atoms with E-state index in [4.69, 9.17) is 9.47 Å². The highest BCUT2D eigenvalue weighted by Gasteiger charge is 2.24. The molecule has 29 heavy (non-hydrogen) atoms. The first-order valence-electron chi connectivity index (χ1n) is 9.96. The van der Waals surface area contributed by atoms with Crippen LogP contribution in [0.4, 0.5) is 0 Å². The number of carbonyl (C=O) groups excluding carboxylic acids is 2. The maximum atomic E-state index is 12.9. The SMILES string of the molecule is COc1cccc(C=C(C(=O)OCC(=O)N2CCCCC2C)c2ccccc2)c1. The van der Waals surface area contributed by atoms with Gasteiger partial charge in [-0.3, -0.25) is 4.79 Å². The molecule has 0 aliphatic carbocycles. The summed E-state index contributed by atoms with van der Waals surface area (Å²) in [6, 6.07) is 16.9. The third-order valence-corrected chi connectivity index (χ3v) is 5.16. The minimum absolute atomic E-state index is 0.139. The summed E-state index contributed by atoms with van der Waals surface area (Å²) in [5.41, 5.74) is 1.95. The smallest absolute Gasteiger partial charge is 0.339 e. The first-order chi connectivity index (χ1) is 14.1. The number of benzene rings is 2. The lowest BCUT2D eigenvalue weighted by molar-refractivity contribution is -0.149. The molecule has 2 aromatic rings. The molecule has 1 aliphatic heterocycles. The Morgan fingerprint density at radius 1 is 1.10 bits per heavy atom. The molecule has 1 fully saturated rings. The molecule has 1 atom stereocenters. The van der Waals surface area contributed by atoms with Gasteiger partial charge in [-0.2, -0.15) is 0 Å². The Bertz CT molecular complexity index is 875. The van der Waals surface area contributed by atoms with Gasteiger partial charge in [0.25, 0.3) is 5.91 Å². The van der Waals surface area contributed by atoms with E-state index < -0.39 is 5.97 Å². The monoisotopic (exact) mass is 393 g/mol. The third-order valence-electron chi connectivity index (χ3n) is 5.16. The molecule has 3 rings (SSSR count). The van der Waals surface area contributed by atoms with Crippen LogP contribution in [0.2, 0.25) is 0 Å². The number of hydrogen-bond donors (Lipinski definition) is 0. The van der Waals surface area contributed by atoms with Crippen molar-refractivity contribution in [2.45, 2.75) is 32.2 Å². The van der Waals surface area contributed by atoms with E-state index in [1.807, 2.05) is 66.4 Å². The van der Waals surface area contributed by atoms with Crippen LogP contribution in [0.5, 0.6) is 5.75 Å². The van der Waals surface area contributed by atoms with Gasteiger partial charge in [0.15, 0.2) is 6.61 Å². The summed E-state index contributed by atoms with van der Waals surface area (Å²) in [7, 11) is 1.60. The fraction of sp³-hybridized carbons (Fsp3) is 0.333. The number of amides is 1. The summed E-state index contributed by atoms with van der Waals surface area (Å²) >= 11 is 0. The zero-order valence-electron chi connectivity index (χ0n) is 17.0. The maximum Gasteiger partial charge on any atom is 0.339 e. The highest BCUT2D eigenvalue weighted by molar-refractivity contribution is 6.21. The number of rotatable bonds is 6. The Balaban J connectivity index is 1.78. The van der Waals surface area contributed by atoms with Crippen molar-refractivity contribution in [2.24, 2.45) is 0 Å². The van der Waals surface area contributed by atoms with E-state index in [9.17, 15) is 9.59 Å². The van der Waals surface area contributed by atoms with Crippen molar-refractivity contribution in [1.29, 1.82) is 0 Å². The van der Waals surface area contributed by atoms with E-state index in [0.717, 1.165) is 36.9 Å². The van der Waals surface area contributed by atoms with Crippen LogP contribution in [0.3, 0.4) is 0 Å². The van der Waals surface area contributed by atoms with Crippen molar-refractivity contribution in [3.8, 4) is 5.75 Å². The standard InChI is InChI=1S/C24H27NO4/c1-18-9-6-7-14-25(18)23(26)17-29-24(27)22(20-11-4-3-5-12-20)16-19-10-8-13-21(15-19)28-2/h3-5,8,10-13,15-16,18H,6-7,9,14,17H2,1-2H3. The Hall–Kier alpha value is -3.08. The highest BCUT2D eigenvalue weighted by atomic mass is 16.5. The van der Waals surface area contributed by atoms with Gasteiger partial charge in [0.05, 0.1) is 12.7 Å². The summed E-state index contributed by atoms with van der Waals surface area (Å²) in [5.74, 6) is 0.0465. The van der Waals surface area contributed by atoms with Crippen LogP contribution in [-0.2, 0) is 14.3 Å². The van der Waals surface area contributed by atoms with Gasteiger partial charge in [-0.1, -0.05) is 42.5 Å². The molecule has 1 heterocycles. The van der Waals surface area contributed by atoms with Gasteiger partial charge < -0.3 is 14.4 Å². The minimum Gasteiger partial charge on any atom is -0.497 e. The van der Waals surface area contributed by atoms with Crippen molar-refractivity contribution in [3.63, 3.8) is 0 Å². The topological polar surface area (TPSA) is 55.8 Å². The molecule has 5 heteroatoms. The van der Waals surface area contributed by atoms with Gasteiger partial charge in [0.1, 0.15) is 5.75 Å². The van der Waals surface area contributed by atoms with E-state index in [1.165, 1.54) is 0 Å². The molecule has 152 valence electrons. The zero-order valence-corrected chi connectivity index (χ0v) is 17.0. The number of nitrogens with zero attached hydrogens (tertiary/aromatic N) is 1. The number of hydrogen-bond acceptors (Lipinski definition) is 4. The molecular weight excluding hydrogens is 366 g/mol. The quantitative estimate of drug-likeness (QED) is 0.420. The van der Waals surface area contributed by atoms with E-state index in [0.29, 0.717) is 11.3 Å². The molecular formula is C24H27NO4. The summed E-state index contributed by atoms with van der Waals surface area (Å²) in [6.45, 7) is 2.52. The molecule has 2 aromatic carbocycles.